The summed E-state index contributed by atoms with van der Waals surface area (Å²) in [6.45, 7) is 4.81. The minimum Gasteiger partial charge on any atom is -0.395 e. The highest BCUT2D eigenvalue weighted by Crippen LogP contribution is 2.16. The number of carbonyl (C=O) groups is 1. The highest BCUT2D eigenvalue weighted by atomic mass is 16.3. The normalized spacial score (nSPS) is 21.3. The minimum atomic E-state index is -0.465. The summed E-state index contributed by atoms with van der Waals surface area (Å²) in [6, 6.07) is 9.84. The van der Waals surface area contributed by atoms with Gasteiger partial charge in [-0.15, -0.1) is 0 Å². The number of piperazine rings is 1. The van der Waals surface area contributed by atoms with Crippen LogP contribution in [0.3, 0.4) is 0 Å². The molecule has 1 fully saturated rings. The van der Waals surface area contributed by atoms with Gasteiger partial charge in [0.2, 0.25) is 5.91 Å². The Balaban J connectivity index is 2.10. The quantitative estimate of drug-likeness (QED) is 0.806. The lowest BCUT2D eigenvalue weighted by Gasteiger charge is -2.42. The Hall–Kier alpha value is -1.43. The Kier molecular flexibility index (Phi) is 5.73. The van der Waals surface area contributed by atoms with Crippen LogP contribution in [0.1, 0.15) is 12.5 Å². The largest absolute Gasteiger partial charge is 0.395 e. The SMILES string of the molecule is C[C@@H](N)C(=O)N1CCN(CCO)C[C@@H]1Cc1ccccc1. The second kappa shape index (κ2) is 7.54. The maximum atomic E-state index is 12.3. The lowest BCUT2D eigenvalue weighted by molar-refractivity contribution is -0.137. The van der Waals surface area contributed by atoms with Gasteiger partial charge < -0.3 is 15.7 Å². The van der Waals surface area contributed by atoms with Gasteiger partial charge in [0.15, 0.2) is 0 Å². The predicted molar refractivity (Wildman–Crippen MR) is 82.8 cm³/mol. The Morgan fingerprint density at radius 1 is 1.38 bits per heavy atom. The van der Waals surface area contributed by atoms with Crippen molar-refractivity contribution in [2.45, 2.75) is 25.4 Å². The van der Waals surface area contributed by atoms with E-state index in [2.05, 4.69) is 17.0 Å². The average molecular weight is 291 g/mol. The molecular formula is C16H25N3O2. The van der Waals surface area contributed by atoms with Crippen molar-refractivity contribution in [1.82, 2.24) is 9.80 Å². The van der Waals surface area contributed by atoms with E-state index < -0.39 is 6.04 Å². The highest BCUT2D eigenvalue weighted by molar-refractivity contribution is 5.81. The van der Waals surface area contributed by atoms with Crippen LogP contribution in [-0.2, 0) is 11.2 Å². The van der Waals surface area contributed by atoms with Gasteiger partial charge in [0.25, 0.3) is 0 Å². The van der Waals surface area contributed by atoms with Crippen molar-refractivity contribution in [1.29, 1.82) is 0 Å². The molecule has 0 saturated carbocycles. The molecular weight excluding hydrogens is 266 g/mol. The number of nitrogens with two attached hydrogens (primary N) is 1. The number of aliphatic hydroxyl groups excluding tert-OH is 1. The molecule has 116 valence electrons. The van der Waals surface area contributed by atoms with Gasteiger partial charge in [-0.1, -0.05) is 30.3 Å². The van der Waals surface area contributed by atoms with Gasteiger partial charge in [-0.3, -0.25) is 9.69 Å². The van der Waals surface area contributed by atoms with E-state index in [1.165, 1.54) is 5.56 Å². The molecule has 1 aromatic rings. The van der Waals surface area contributed by atoms with Crippen LogP contribution < -0.4 is 5.73 Å². The van der Waals surface area contributed by atoms with Crippen LogP contribution >= 0.6 is 0 Å². The van der Waals surface area contributed by atoms with Crippen molar-refractivity contribution in [3.8, 4) is 0 Å². The first kappa shape index (κ1) is 15.9. The maximum absolute atomic E-state index is 12.3. The first-order valence-electron chi connectivity index (χ1n) is 7.55. The Morgan fingerprint density at radius 3 is 2.71 bits per heavy atom. The predicted octanol–water partition coefficient (Wildman–Crippen LogP) is 0.0814. The Morgan fingerprint density at radius 2 is 2.10 bits per heavy atom. The van der Waals surface area contributed by atoms with Crippen LogP contribution in [0.5, 0.6) is 0 Å². The molecule has 0 aliphatic carbocycles. The van der Waals surface area contributed by atoms with E-state index in [1.54, 1.807) is 6.92 Å². The minimum absolute atomic E-state index is 0.0135. The van der Waals surface area contributed by atoms with E-state index in [1.807, 2.05) is 23.1 Å². The number of benzene rings is 1. The molecule has 1 aliphatic heterocycles. The average Bonchev–Trinajstić information content (AvgIpc) is 2.48. The summed E-state index contributed by atoms with van der Waals surface area (Å²) in [4.78, 5) is 16.4. The standard InChI is InChI=1S/C16H25N3O2/c1-13(17)16(21)19-8-7-18(9-10-20)12-15(19)11-14-5-3-2-4-6-14/h2-6,13,15,20H,7-12,17H2,1H3/t13-,15+/m1/s1. The second-order valence-corrected chi connectivity index (χ2v) is 5.69. The molecule has 0 spiro atoms. The number of hydrogen-bond donors (Lipinski definition) is 2. The summed E-state index contributed by atoms with van der Waals surface area (Å²) in [5.41, 5.74) is 6.99. The molecule has 0 unspecified atom stereocenters. The van der Waals surface area contributed by atoms with Gasteiger partial charge in [0.1, 0.15) is 0 Å². The molecule has 1 aromatic carbocycles. The van der Waals surface area contributed by atoms with Crippen molar-refractivity contribution in [2.24, 2.45) is 5.73 Å². The number of hydrogen-bond acceptors (Lipinski definition) is 4. The molecule has 1 heterocycles. The van der Waals surface area contributed by atoms with E-state index in [4.69, 9.17) is 10.8 Å². The van der Waals surface area contributed by atoms with E-state index in [-0.39, 0.29) is 18.6 Å². The zero-order valence-corrected chi connectivity index (χ0v) is 12.6. The Bertz CT molecular complexity index is 450. The summed E-state index contributed by atoms with van der Waals surface area (Å²) in [7, 11) is 0. The van der Waals surface area contributed by atoms with E-state index in [9.17, 15) is 4.79 Å². The van der Waals surface area contributed by atoms with Gasteiger partial charge in [-0.25, -0.2) is 0 Å². The van der Waals surface area contributed by atoms with Gasteiger partial charge in [-0.2, -0.15) is 0 Å². The van der Waals surface area contributed by atoms with Crippen molar-refractivity contribution < 1.29 is 9.90 Å². The zero-order valence-electron chi connectivity index (χ0n) is 12.6. The van der Waals surface area contributed by atoms with Gasteiger partial charge in [0.05, 0.1) is 12.6 Å². The molecule has 1 amide bonds. The van der Waals surface area contributed by atoms with Crippen molar-refractivity contribution in [3.63, 3.8) is 0 Å². The fourth-order valence-electron chi connectivity index (χ4n) is 2.88. The molecule has 21 heavy (non-hydrogen) atoms. The lowest BCUT2D eigenvalue weighted by atomic mass is 10.0. The topological polar surface area (TPSA) is 69.8 Å². The number of nitrogens with zero attached hydrogens (tertiary/aromatic N) is 2. The molecule has 2 atom stereocenters. The third-order valence-corrected chi connectivity index (χ3v) is 3.97. The maximum Gasteiger partial charge on any atom is 0.239 e. The second-order valence-electron chi connectivity index (χ2n) is 5.69. The molecule has 0 bridgehead atoms. The summed E-state index contributed by atoms with van der Waals surface area (Å²) >= 11 is 0. The van der Waals surface area contributed by atoms with E-state index >= 15 is 0 Å². The molecule has 5 nitrogen and oxygen atoms in total. The molecule has 5 heteroatoms. The van der Waals surface area contributed by atoms with Crippen LogP contribution in [0.25, 0.3) is 0 Å². The fraction of sp³-hybridized carbons (Fsp3) is 0.562. The van der Waals surface area contributed by atoms with Gasteiger partial charge in [0, 0.05) is 32.2 Å². The first-order valence-corrected chi connectivity index (χ1v) is 7.55. The molecule has 0 radical (unpaired) electrons. The zero-order chi connectivity index (χ0) is 15.2. The van der Waals surface area contributed by atoms with Crippen LogP contribution in [0.2, 0.25) is 0 Å². The van der Waals surface area contributed by atoms with Crippen LogP contribution in [0.15, 0.2) is 30.3 Å². The summed E-state index contributed by atoms with van der Waals surface area (Å²) in [5.74, 6) is 0.0135. The molecule has 3 N–H and O–H groups in total. The molecule has 2 rings (SSSR count). The monoisotopic (exact) mass is 291 g/mol. The van der Waals surface area contributed by atoms with Gasteiger partial charge >= 0.3 is 0 Å². The smallest absolute Gasteiger partial charge is 0.239 e. The number of β-amino-alcohol motifs (C(OH)–C–C–N with tert-alkyl or cyclic N) is 1. The van der Waals surface area contributed by atoms with Crippen molar-refractivity contribution in [2.75, 3.05) is 32.8 Å². The number of aliphatic hydroxyl groups is 1. The van der Waals surface area contributed by atoms with Crippen molar-refractivity contribution in [3.05, 3.63) is 35.9 Å². The highest BCUT2D eigenvalue weighted by Gasteiger charge is 2.31. The van der Waals surface area contributed by atoms with Crippen LogP contribution in [0, 0.1) is 0 Å². The summed E-state index contributed by atoms with van der Waals surface area (Å²) in [5, 5.41) is 9.12. The fourth-order valence-corrected chi connectivity index (χ4v) is 2.88. The van der Waals surface area contributed by atoms with Crippen LogP contribution in [0.4, 0.5) is 0 Å². The van der Waals surface area contributed by atoms with Gasteiger partial charge in [-0.05, 0) is 18.9 Å². The molecule has 0 aromatic heterocycles. The molecule has 1 saturated heterocycles. The third-order valence-electron chi connectivity index (χ3n) is 3.97. The van der Waals surface area contributed by atoms with Crippen molar-refractivity contribution >= 4 is 5.91 Å². The van der Waals surface area contributed by atoms with E-state index in [0.717, 1.165) is 19.5 Å². The number of rotatable bonds is 5. The number of amides is 1. The number of carbonyl (C=O) groups excluding carboxylic acids is 1. The Labute approximate surface area is 126 Å². The van der Waals surface area contributed by atoms with E-state index in [0.29, 0.717) is 13.1 Å². The van der Waals surface area contributed by atoms with Crippen LogP contribution in [-0.4, -0.2) is 65.7 Å². The summed E-state index contributed by atoms with van der Waals surface area (Å²) < 4.78 is 0. The summed E-state index contributed by atoms with van der Waals surface area (Å²) in [6.07, 6.45) is 0.821. The molecule has 1 aliphatic rings. The third kappa shape index (κ3) is 4.27. The lowest BCUT2D eigenvalue weighted by Crippen LogP contribution is -2.59. The first-order chi connectivity index (χ1) is 10.1.